The van der Waals surface area contributed by atoms with Crippen LogP contribution in [0.25, 0.3) is 0 Å². The van der Waals surface area contributed by atoms with Crippen molar-refractivity contribution in [3.63, 3.8) is 0 Å². The number of carboxylic acid groups (broad SMARTS) is 1. The first-order chi connectivity index (χ1) is 16.6. The molecule has 1 atom stereocenters. The van der Waals surface area contributed by atoms with Gasteiger partial charge in [0.25, 0.3) is 5.92 Å². The number of fused-ring (bicyclic) bond motifs is 1. The number of carbonyl (C=O) groups is 2. The highest BCUT2D eigenvalue weighted by Crippen LogP contribution is 2.42. The summed E-state index contributed by atoms with van der Waals surface area (Å²) >= 11 is 12.0. The lowest BCUT2D eigenvalue weighted by Crippen LogP contribution is -2.20. The molecule has 0 aromatic heterocycles. The molecule has 0 saturated heterocycles. The van der Waals surface area contributed by atoms with Gasteiger partial charge in [-0.25, -0.2) is 8.78 Å². The van der Waals surface area contributed by atoms with Crippen molar-refractivity contribution in [1.82, 2.24) is 0 Å². The Morgan fingerprint density at radius 1 is 1.06 bits per heavy atom. The van der Waals surface area contributed by atoms with Crippen LogP contribution in [0.15, 0.2) is 60.7 Å². The molecule has 0 spiro atoms. The number of Topliss-reactive ketones (excluding diaryl/α,β-unsaturated/α-hetero) is 1. The Morgan fingerprint density at radius 2 is 1.74 bits per heavy atom. The van der Waals surface area contributed by atoms with Crippen LogP contribution in [0.2, 0.25) is 10.0 Å². The Kier molecular flexibility index (Phi) is 7.28. The van der Waals surface area contributed by atoms with Crippen molar-refractivity contribution >= 4 is 35.0 Å². The van der Waals surface area contributed by atoms with Crippen molar-refractivity contribution in [2.45, 2.75) is 31.1 Å². The van der Waals surface area contributed by atoms with Crippen molar-refractivity contribution in [2.75, 3.05) is 6.61 Å². The minimum Gasteiger partial charge on any atom is -0.493 e. The van der Waals surface area contributed by atoms with Gasteiger partial charge in [-0.1, -0.05) is 35.3 Å². The summed E-state index contributed by atoms with van der Waals surface area (Å²) in [6.07, 6.45) is -0.623. The number of ether oxygens (including phenoxy) is 2. The first-order valence-electron chi connectivity index (χ1n) is 10.8. The van der Waals surface area contributed by atoms with E-state index < -0.39 is 30.0 Å². The van der Waals surface area contributed by atoms with Gasteiger partial charge in [0.15, 0.2) is 5.78 Å². The number of ketones is 1. The second-order valence-corrected chi connectivity index (χ2v) is 8.95. The highest BCUT2D eigenvalue weighted by molar-refractivity contribution is 6.32. The molecule has 1 aliphatic rings. The maximum Gasteiger partial charge on any atom is 0.311 e. The molecule has 1 N–H and O–H groups in total. The van der Waals surface area contributed by atoms with Crippen LogP contribution in [0.5, 0.6) is 17.2 Å². The van der Waals surface area contributed by atoms with Crippen LogP contribution in [0, 0.1) is 0 Å². The second kappa shape index (κ2) is 10.2. The Morgan fingerprint density at radius 3 is 2.40 bits per heavy atom. The van der Waals surface area contributed by atoms with Crippen LogP contribution in [-0.4, -0.2) is 23.5 Å². The van der Waals surface area contributed by atoms with Gasteiger partial charge in [0.1, 0.15) is 17.2 Å². The average Bonchev–Trinajstić information content (AvgIpc) is 2.83. The number of carbonyl (C=O) groups excluding carboxylic acids is 1. The quantitative estimate of drug-likeness (QED) is 0.311. The smallest absolute Gasteiger partial charge is 0.311 e. The monoisotopic (exact) mass is 520 g/mol. The minimum atomic E-state index is -3.16. The predicted octanol–water partition coefficient (Wildman–Crippen LogP) is 7.49. The molecule has 0 bridgehead atoms. The number of halogens is 4. The van der Waals surface area contributed by atoms with Crippen LogP contribution in [0.3, 0.4) is 0 Å². The highest BCUT2D eigenvalue weighted by atomic mass is 35.5. The zero-order chi connectivity index (χ0) is 25.2. The lowest BCUT2D eigenvalue weighted by Gasteiger charge is -2.24. The van der Waals surface area contributed by atoms with Crippen LogP contribution in [-0.2, 0) is 10.7 Å². The largest absolute Gasteiger partial charge is 0.493 e. The van der Waals surface area contributed by atoms with E-state index in [4.69, 9.17) is 32.7 Å². The minimum absolute atomic E-state index is 0.195. The number of carboxylic acids is 1. The lowest BCUT2D eigenvalue weighted by atomic mass is 9.93. The maximum absolute atomic E-state index is 14.4. The molecular formula is C26H20Cl2F2O5. The third kappa shape index (κ3) is 5.74. The van der Waals surface area contributed by atoms with Crippen molar-refractivity contribution < 1.29 is 33.0 Å². The summed E-state index contributed by atoms with van der Waals surface area (Å²) in [7, 11) is 0. The zero-order valence-electron chi connectivity index (χ0n) is 18.3. The Balaban J connectivity index is 1.41. The number of rotatable bonds is 8. The summed E-state index contributed by atoms with van der Waals surface area (Å²) in [6.45, 7) is 0.263. The summed E-state index contributed by atoms with van der Waals surface area (Å²) < 4.78 is 40.2. The van der Waals surface area contributed by atoms with Crippen molar-refractivity contribution in [2.24, 2.45) is 0 Å². The van der Waals surface area contributed by atoms with E-state index in [0.29, 0.717) is 28.5 Å². The average molecular weight is 521 g/mol. The van der Waals surface area contributed by atoms with Gasteiger partial charge >= 0.3 is 5.97 Å². The molecule has 182 valence electrons. The maximum atomic E-state index is 14.4. The van der Waals surface area contributed by atoms with Gasteiger partial charge in [-0.2, -0.15) is 0 Å². The number of hydrogen-bond acceptors (Lipinski definition) is 4. The van der Waals surface area contributed by atoms with Gasteiger partial charge in [0.05, 0.1) is 17.5 Å². The molecule has 9 heteroatoms. The normalized spacial score (nSPS) is 15.1. The van der Waals surface area contributed by atoms with E-state index in [9.17, 15) is 23.5 Å². The molecule has 0 radical (unpaired) electrons. The fraction of sp³-hybridized carbons (Fsp3) is 0.231. The fourth-order valence-electron chi connectivity index (χ4n) is 3.81. The summed E-state index contributed by atoms with van der Waals surface area (Å²) in [5, 5.41) is 9.97. The van der Waals surface area contributed by atoms with Gasteiger partial charge in [-0.15, -0.1) is 0 Å². The molecule has 0 aliphatic carbocycles. The number of aliphatic carboxylic acids is 1. The molecule has 5 nitrogen and oxygen atoms in total. The molecule has 0 amide bonds. The molecule has 1 heterocycles. The third-order valence-corrected chi connectivity index (χ3v) is 6.29. The molecule has 35 heavy (non-hydrogen) atoms. The van der Waals surface area contributed by atoms with Crippen LogP contribution >= 0.6 is 23.2 Å². The van der Waals surface area contributed by atoms with E-state index in [-0.39, 0.29) is 34.9 Å². The zero-order valence-corrected chi connectivity index (χ0v) is 19.8. The molecule has 4 rings (SSSR count). The first kappa shape index (κ1) is 24.9. The second-order valence-electron chi connectivity index (χ2n) is 8.11. The molecule has 0 fully saturated rings. The summed E-state index contributed by atoms with van der Waals surface area (Å²) in [4.78, 5) is 23.9. The number of hydrogen-bond donors (Lipinski definition) is 1. The van der Waals surface area contributed by atoms with Crippen LogP contribution in [0.4, 0.5) is 8.78 Å². The predicted molar refractivity (Wildman–Crippen MR) is 127 cm³/mol. The summed E-state index contributed by atoms with van der Waals surface area (Å²) in [5.41, 5.74) is 0.560. The molecule has 1 aliphatic heterocycles. The Bertz CT molecular complexity index is 1240. The van der Waals surface area contributed by atoms with Gasteiger partial charge in [-0.3, -0.25) is 9.59 Å². The van der Waals surface area contributed by atoms with Gasteiger partial charge < -0.3 is 14.6 Å². The van der Waals surface area contributed by atoms with E-state index in [2.05, 4.69) is 0 Å². The van der Waals surface area contributed by atoms with Gasteiger partial charge in [-0.05, 0) is 48.9 Å². The van der Waals surface area contributed by atoms with Crippen molar-refractivity contribution in [1.29, 1.82) is 0 Å². The molecule has 3 aromatic rings. The fourth-order valence-corrected chi connectivity index (χ4v) is 4.15. The van der Waals surface area contributed by atoms with E-state index in [0.717, 1.165) is 0 Å². The molecule has 3 aromatic carbocycles. The Hall–Kier alpha value is -3.16. The molecule has 0 saturated carbocycles. The molecular weight excluding hydrogens is 501 g/mol. The summed E-state index contributed by atoms with van der Waals surface area (Å²) in [6, 6.07) is 14.3. The van der Waals surface area contributed by atoms with Crippen LogP contribution < -0.4 is 9.47 Å². The standard InChI is InChI=1S/C26H20Cl2F2O5/c27-17-5-3-16(4-6-17)26(29,30)11-9-22(31)15-1-7-18(8-2-15)35-24-14-23-20(13-21(24)28)19(25(32)33)10-12-34-23/h1-8,13-14,19H,9-12H2,(H,32,33). The van der Waals surface area contributed by atoms with E-state index >= 15 is 0 Å². The number of benzene rings is 3. The van der Waals surface area contributed by atoms with Gasteiger partial charge in [0.2, 0.25) is 0 Å². The van der Waals surface area contributed by atoms with E-state index in [1.165, 1.54) is 60.7 Å². The number of alkyl halides is 2. The van der Waals surface area contributed by atoms with E-state index in [1.807, 2.05) is 0 Å². The summed E-state index contributed by atoms with van der Waals surface area (Å²) in [5.74, 6) is -4.23. The third-order valence-electron chi connectivity index (χ3n) is 5.74. The molecule has 1 unspecified atom stereocenters. The first-order valence-corrected chi connectivity index (χ1v) is 11.5. The van der Waals surface area contributed by atoms with E-state index in [1.54, 1.807) is 0 Å². The SMILES string of the molecule is O=C(CCC(F)(F)c1ccc(Cl)cc1)c1ccc(Oc2cc3c(cc2Cl)C(C(=O)O)CCO3)cc1. The lowest BCUT2D eigenvalue weighted by molar-refractivity contribution is -0.139. The van der Waals surface area contributed by atoms with Gasteiger partial charge in [0, 0.05) is 40.6 Å². The van der Waals surface area contributed by atoms with Crippen molar-refractivity contribution in [3.8, 4) is 17.2 Å². The topological polar surface area (TPSA) is 72.8 Å². The Labute approximate surface area is 210 Å². The van der Waals surface area contributed by atoms with Crippen molar-refractivity contribution in [3.05, 3.63) is 87.4 Å². The van der Waals surface area contributed by atoms with Crippen LogP contribution in [0.1, 0.15) is 46.7 Å². The highest BCUT2D eigenvalue weighted by Gasteiger charge is 2.32.